The van der Waals surface area contributed by atoms with Crippen molar-refractivity contribution < 1.29 is 27.5 Å². The van der Waals surface area contributed by atoms with E-state index < -0.39 is 11.7 Å². The Bertz CT molecular complexity index is 1520. The van der Waals surface area contributed by atoms with Crippen molar-refractivity contribution in [2.45, 2.75) is 24.3 Å². The van der Waals surface area contributed by atoms with E-state index in [1.54, 1.807) is 33.7 Å². The molecule has 0 fully saturated rings. The molecule has 2 heterocycles. The Kier molecular flexibility index (Phi) is 7.78. The van der Waals surface area contributed by atoms with Gasteiger partial charge in [0.15, 0.2) is 11.0 Å². The minimum absolute atomic E-state index is 0.0469. The number of methoxy groups -OCH3 is 1. The van der Waals surface area contributed by atoms with Gasteiger partial charge in [-0.05, 0) is 66.6 Å². The van der Waals surface area contributed by atoms with Gasteiger partial charge in [0.2, 0.25) is 5.91 Å². The number of aromatic nitrogens is 3. The zero-order valence-electron chi connectivity index (χ0n) is 21.3. The average Bonchev–Trinajstić information content (AvgIpc) is 3.58. The summed E-state index contributed by atoms with van der Waals surface area (Å²) in [5.41, 5.74) is 1.94. The summed E-state index contributed by atoms with van der Waals surface area (Å²) in [5, 5.41) is 11.5. The topological polar surface area (TPSA) is 89.3 Å². The molecular weight excluding hydrogens is 543 g/mol. The van der Waals surface area contributed by atoms with E-state index in [4.69, 9.17) is 4.74 Å². The molecule has 0 saturated heterocycles. The van der Waals surface area contributed by atoms with Gasteiger partial charge in [0.25, 0.3) is 5.91 Å². The third-order valence-electron chi connectivity index (χ3n) is 6.43. The molecule has 0 unspecified atom stereocenters. The van der Waals surface area contributed by atoms with Gasteiger partial charge >= 0.3 is 6.18 Å². The van der Waals surface area contributed by atoms with Gasteiger partial charge < -0.3 is 15.0 Å². The van der Waals surface area contributed by atoms with E-state index in [9.17, 15) is 22.8 Å². The number of anilines is 1. The fourth-order valence-electron chi connectivity index (χ4n) is 4.37. The summed E-state index contributed by atoms with van der Waals surface area (Å²) in [4.78, 5) is 27.5. The van der Waals surface area contributed by atoms with Crippen LogP contribution >= 0.6 is 11.8 Å². The van der Waals surface area contributed by atoms with Crippen LogP contribution in [0.2, 0.25) is 0 Å². The Morgan fingerprint density at radius 1 is 1.00 bits per heavy atom. The number of alkyl halides is 3. The highest BCUT2D eigenvalue weighted by Crippen LogP contribution is 2.32. The summed E-state index contributed by atoms with van der Waals surface area (Å²) >= 11 is 1.13. The first kappa shape index (κ1) is 27.3. The number of nitrogens with zero attached hydrogens (tertiary/aromatic N) is 4. The number of benzene rings is 3. The highest BCUT2D eigenvalue weighted by atomic mass is 32.2. The molecule has 4 aromatic rings. The van der Waals surface area contributed by atoms with Crippen LogP contribution in [0.3, 0.4) is 0 Å². The minimum Gasteiger partial charge on any atom is -0.497 e. The number of carbonyl (C=O) groups excluding carboxylic acids is 2. The van der Waals surface area contributed by atoms with Crippen LogP contribution in [0, 0.1) is 0 Å². The number of amides is 2. The molecule has 0 atom stereocenters. The van der Waals surface area contributed by atoms with E-state index in [1.807, 2.05) is 24.3 Å². The number of thioether (sulfide) groups is 1. The Hall–Kier alpha value is -4.32. The Morgan fingerprint density at radius 2 is 1.73 bits per heavy atom. The molecule has 3 aromatic carbocycles. The van der Waals surface area contributed by atoms with Gasteiger partial charge in [-0.15, -0.1) is 10.2 Å². The lowest BCUT2D eigenvalue weighted by atomic mass is 10.2. The third kappa shape index (κ3) is 5.81. The van der Waals surface area contributed by atoms with Gasteiger partial charge in [-0.3, -0.25) is 14.2 Å². The van der Waals surface area contributed by atoms with Crippen molar-refractivity contribution in [3.05, 3.63) is 95.3 Å². The first-order valence-corrected chi connectivity index (χ1v) is 13.3. The number of para-hydroxylation sites is 1. The second kappa shape index (κ2) is 11.4. The molecule has 0 bridgehead atoms. The summed E-state index contributed by atoms with van der Waals surface area (Å²) in [6, 6.07) is 18.8. The Labute approximate surface area is 232 Å². The van der Waals surface area contributed by atoms with Crippen molar-refractivity contribution in [3.63, 3.8) is 0 Å². The second-order valence-electron chi connectivity index (χ2n) is 8.90. The van der Waals surface area contributed by atoms with Crippen molar-refractivity contribution >= 4 is 29.3 Å². The maximum Gasteiger partial charge on any atom is 0.416 e. The molecule has 1 aliphatic heterocycles. The molecule has 1 aliphatic rings. The van der Waals surface area contributed by atoms with Crippen LogP contribution in [0.15, 0.2) is 78.0 Å². The van der Waals surface area contributed by atoms with E-state index in [1.165, 1.54) is 19.2 Å². The lowest BCUT2D eigenvalue weighted by Gasteiger charge is -2.17. The van der Waals surface area contributed by atoms with Crippen LogP contribution in [0.25, 0.3) is 5.69 Å². The van der Waals surface area contributed by atoms with E-state index >= 15 is 0 Å². The third-order valence-corrected chi connectivity index (χ3v) is 7.34. The summed E-state index contributed by atoms with van der Waals surface area (Å²) in [5.74, 6) is 0.453. The maximum atomic E-state index is 13.2. The number of rotatable bonds is 8. The second-order valence-corrected chi connectivity index (χ2v) is 9.85. The normalized spacial score (nSPS) is 12.8. The lowest BCUT2D eigenvalue weighted by Crippen LogP contribution is -2.30. The number of hydrogen-bond donors (Lipinski definition) is 1. The molecular formula is C28H24F3N5O3S. The zero-order chi connectivity index (χ0) is 28.3. The van der Waals surface area contributed by atoms with Gasteiger partial charge in [0.05, 0.1) is 25.0 Å². The quantitative estimate of drug-likeness (QED) is 0.305. The first-order chi connectivity index (χ1) is 19.2. The molecule has 0 saturated carbocycles. The SMILES string of the molecule is COc1ccc(C(=O)NCc2nnc(SCC(=O)N3CCc4ccccc43)n2-c2ccc(C(F)(F)F)cc2)cc1. The molecule has 40 heavy (non-hydrogen) atoms. The molecule has 0 aliphatic carbocycles. The summed E-state index contributed by atoms with van der Waals surface area (Å²) in [7, 11) is 1.52. The van der Waals surface area contributed by atoms with Gasteiger partial charge in [0.1, 0.15) is 5.75 Å². The standard InChI is InChI=1S/C28H24F3N5O3S/c1-39-22-12-6-19(7-13-22)26(38)32-16-24-33-34-27(36(24)21-10-8-20(9-11-21)28(29,30)31)40-17-25(37)35-15-14-18-4-2-3-5-23(18)35/h2-13H,14-17H2,1H3,(H,32,38). The van der Waals surface area contributed by atoms with Crippen molar-refractivity contribution in [3.8, 4) is 11.4 Å². The highest BCUT2D eigenvalue weighted by Gasteiger charge is 2.30. The summed E-state index contributed by atoms with van der Waals surface area (Å²) in [6.07, 6.45) is -3.72. The van der Waals surface area contributed by atoms with Gasteiger partial charge in [-0.2, -0.15) is 13.2 Å². The van der Waals surface area contributed by atoms with Gasteiger partial charge in [0, 0.05) is 23.5 Å². The molecule has 0 radical (unpaired) electrons. The van der Waals surface area contributed by atoms with E-state index in [-0.39, 0.29) is 24.1 Å². The number of carbonyl (C=O) groups is 2. The maximum absolute atomic E-state index is 13.2. The van der Waals surface area contributed by atoms with E-state index in [2.05, 4.69) is 15.5 Å². The van der Waals surface area contributed by atoms with Crippen LogP contribution in [0.5, 0.6) is 5.75 Å². The van der Waals surface area contributed by atoms with Crippen LogP contribution < -0.4 is 15.0 Å². The molecule has 1 N–H and O–H groups in total. The first-order valence-electron chi connectivity index (χ1n) is 12.3. The number of ether oxygens (including phenoxy) is 1. The van der Waals surface area contributed by atoms with Crippen LogP contribution in [-0.4, -0.2) is 46.0 Å². The van der Waals surface area contributed by atoms with Crippen LogP contribution in [-0.2, 0) is 23.9 Å². The molecule has 0 spiro atoms. The van der Waals surface area contributed by atoms with Gasteiger partial charge in [-0.25, -0.2) is 0 Å². The zero-order valence-corrected chi connectivity index (χ0v) is 22.1. The number of fused-ring (bicyclic) bond motifs is 1. The monoisotopic (exact) mass is 567 g/mol. The Morgan fingerprint density at radius 3 is 2.42 bits per heavy atom. The minimum atomic E-state index is -4.49. The van der Waals surface area contributed by atoms with Crippen LogP contribution in [0.4, 0.5) is 18.9 Å². The van der Waals surface area contributed by atoms with Crippen molar-refractivity contribution in [2.24, 2.45) is 0 Å². The molecule has 206 valence electrons. The van der Waals surface area contributed by atoms with Crippen molar-refractivity contribution in [1.29, 1.82) is 0 Å². The fraction of sp³-hybridized carbons (Fsp3) is 0.214. The van der Waals surface area contributed by atoms with Crippen molar-refractivity contribution in [1.82, 2.24) is 20.1 Å². The predicted molar refractivity (Wildman–Crippen MR) is 144 cm³/mol. The largest absolute Gasteiger partial charge is 0.497 e. The number of nitrogens with one attached hydrogen (secondary N) is 1. The summed E-state index contributed by atoms with van der Waals surface area (Å²) in [6.45, 7) is 0.528. The fourth-order valence-corrected chi connectivity index (χ4v) is 5.22. The number of hydrogen-bond acceptors (Lipinski definition) is 6. The molecule has 12 heteroatoms. The number of halogens is 3. The van der Waals surface area contributed by atoms with E-state index in [0.29, 0.717) is 34.5 Å². The molecule has 5 rings (SSSR count). The van der Waals surface area contributed by atoms with Crippen LogP contribution in [0.1, 0.15) is 27.3 Å². The van der Waals surface area contributed by atoms with Crippen molar-refractivity contribution in [2.75, 3.05) is 24.3 Å². The summed E-state index contributed by atoms with van der Waals surface area (Å²) < 4.78 is 46.2. The molecule has 8 nitrogen and oxygen atoms in total. The molecule has 2 amide bonds. The van der Waals surface area contributed by atoms with E-state index in [0.717, 1.165) is 41.6 Å². The lowest BCUT2D eigenvalue weighted by molar-refractivity contribution is -0.137. The molecule has 1 aromatic heterocycles. The smallest absolute Gasteiger partial charge is 0.416 e. The van der Waals surface area contributed by atoms with Gasteiger partial charge in [-0.1, -0.05) is 30.0 Å². The predicted octanol–water partition coefficient (Wildman–Crippen LogP) is 4.91. The Balaban J connectivity index is 1.36. The highest BCUT2D eigenvalue weighted by molar-refractivity contribution is 7.99. The average molecular weight is 568 g/mol.